The Morgan fingerprint density at radius 1 is 0.370 bits per heavy atom. The maximum Gasteiger partial charge on any atom is 1.00 e. The maximum atomic E-state index is 13.8. The molecule has 0 aliphatic heterocycles. The Labute approximate surface area is 874 Å². The Kier molecular flexibility index (Phi) is 60.2. The summed E-state index contributed by atoms with van der Waals surface area (Å²) in [6.45, 7) is 14.7. The molecule has 35 heteroatoms. The van der Waals surface area contributed by atoms with E-state index in [1.807, 2.05) is 220 Å². The van der Waals surface area contributed by atoms with E-state index in [1.165, 1.54) is 9.80 Å². The van der Waals surface area contributed by atoms with Crippen LogP contribution in [0.2, 0.25) is 0 Å². The van der Waals surface area contributed by atoms with Crippen molar-refractivity contribution in [1.82, 2.24) is 61.7 Å². The molecule has 2 heterocycles. The Hall–Kier alpha value is -7.12. The molecular weight excluding hydrogens is 1680 g/mol. The monoisotopic (exact) mass is 1790 g/mol. The molecule has 0 saturated carbocycles. The number of amides is 4. The Bertz CT molecular complexity index is 4600. The van der Waals surface area contributed by atoms with Gasteiger partial charge in [-0.2, -0.15) is 10.4 Å². The summed E-state index contributed by atoms with van der Waals surface area (Å²) >= 11 is 0. The van der Waals surface area contributed by atoms with E-state index in [4.69, 9.17) is 19.6 Å². The van der Waals surface area contributed by atoms with Crippen LogP contribution in [0.25, 0.3) is 67.3 Å². The minimum Gasteiger partial charge on any atom is -0.412 e. The smallest absolute Gasteiger partial charge is 0.412 e. The molecule has 10 rings (SSSR count). The van der Waals surface area contributed by atoms with Crippen molar-refractivity contribution in [3.63, 3.8) is 0 Å². The fourth-order valence-electron chi connectivity index (χ4n) is 13.9. The number of tetrazole rings is 2. The van der Waals surface area contributed by atoms with Gasteiger partial charge in [0.2, 0.25) is 35.3 Å². The topological polar surface area (TPSA) is 442 Å². The molecule has 10 aromatic rings. The van der Waals surface area contributed by atoms with Gasteiger partial charge in [0.25, 0.3) is 0 Å². The third kappa shape index (κ3) is 37.9. The Balaban J connectivity index is 0.00000233. The van der Waals surface area contributed by atoms with Gasteiger partial charge in [-0.3, -0.25) is 19.2 Å². The van der Waals surface area contributed by atoms with Gasteiger partial charge < -0.3 is 46.5 Å². The van der Waals surface area contributed by atoms with Crippen molar-refractivity contribution in [3.8, 4) is 67.3 Å². The van der Waals surface area contributed by atoms with Crippen LogP contribution >= 0.6 is 0 Å². The summed E-state index contributed by atoms with van der Waals surface area (Å²) in [6.07, 6.45) is 6.06. The van der Waals surface area contributed by atoms with Gasteiger partial charge in [-0.05, 0) is 128 Å². The van der Waals surface area contributed by atoms with Gasteiger partial charge in [-0.15, -0.1) is 20.4 Å². The first-order valence-corrected chi connectivity index (χ1v) is 40.2. The average Bonchev–Trinajstić information content (AvgIpc) is 1.80. The number of benzene rings is 8. The molecule has 6 atom stereocenters. The predicted molar refractivity (Wildman–Crippen MR) is 456 cm³/mol. The number of H-pyrrole nitrogens is 2. The first-order chi connectivity index (χ1) is 57.1. The van der Waals surface area contributed by atoms with Crippen LogP contribution in [0.15, 0.2) is 206 Å². The minimum absolute atomic E-state index is 0. The first kappa shape index (κ1) is 120. The third-order valence-corrected chi connectivity index (χ3v) is 20.1. The maximum absolute atomic E-state index is 13.8. The van der Waals surface area contributed by atoms with Crippen molar-refractivity contribution in [2.75, 3.05) is 0 Å². The molecule has 0 radical (unpaired) electrons. The van der Waals surface area contributed by atoms with Crippen LogP contribution in [0.1, 0.15) is 155 Å². The molecule has 0 bridgehead atoms. The van der Waals surface area contributed by atoms with Gasteiger partial charge >= 0.3 is 201 Å². The molecule has 0 aliphatic rings. The molecule has 127 heavy (non-hydrogen) atoms. The Morgan fingerprint density at radius 3 is 0.961 bits per heavy atom. The van der Waals surface area contributed by atoms with Crippen LogP contribution in [0.5, 0.6) is 0 Å². The summed E-state index contributed by atoms with van der Waals surface area (Å²) in [4.78, 5) is 153. The molecule has 8 aromatic carbocycles. The molecule has 2 aromatic heterocycles. The van der Waals surface area contributed by atoms with Gasteiger partial charge in [0.05, 0.1) is 11.8 Å². The standard InChI is InChI=1S/2C46H52N6O7.6Na.3H2O/c2*1-5-6-18-42(55)52(30-34-21-25-37(26-22-34)39-15-10-11-16-40(39)44-48-50-51-49-44)43(31(2)3)46(57)59-58-45(56)32(4)28-38(47-41(54)17-12-27-53)29-33-19-23-36(24-20-33)35-13-8-7-9-14-35;;;;;;;;;/h2*7-11,13-16,19-27,31-32,38,43H,5-6,12,17-18,28-30H2,1-4H3,(H,47,54)(H,48,49,50,51);;;;;;;3*1H2/q;;6*+1;;;/t2*32-,38+,43+;;;;;;;;;/m11........./s1. The Morgan fingerprint density at radius 2 is 0.661 bits per heavy atom. The second kappa shape index (κ2) is 63.8. The van der Waals surface area contributed by atoms with E-state index in [9.17, 15) is 47.9 Å². The summed E-state index contributed by atoms with van der Waals surface area (Å²) in [5.74, 6) is -5.81. The van der Waals surface area contributed by atoms with Crippen LogP contribution in [0.3, 0.4) is 0 Å². The zero-order valence-corrected chi connectivity index (χ0v) is 87.5. The van der Waals surface area contributed by atoms with Gasteiger partial charge in [-0.25, -0.2) is 38.7 Å². The number of aromatic amines is 2. The summed E-state index contributed by atoms with van der Waals surface area (Å²) in [5, 5.41) is 34.8. The largest absolute Gasteiger partial charge is 1.00 e. The summed E-state index contributed by atoms with van der Waals surface area (Å²) < 4.78 is 0. The van der Waals surface area contributed by atoms with E-state index in [0.29, 0.717) is 49.9 Å². The van der Waals surface area contributed by atoms with Crippen molar-refractivity contribution in [1.29, 1.82) is 0 Å². The van der Waals surface area contributed by atoms with Gasteiger partial charge in [0.1, 0.15) is 24.7 Å². The molecule has 4 amide bonds. The number of rotatable bonds is 40. The van der Waals surface area contributed by atoms with Crippen molar-refractivity contribution in [2.45, 2.75) is 183 Å². The van der Waals surface area contributed by atoms with E-state index in [1.54, 1.807) is 41.5 Å². The van der Waals surface area contributed by atoms with Crippen LogP contribution in [0.4, 0.5) is 0 Å². The number of aromatic nitrogens is 8. The molecule has 0 fully saturated rings. The molecule has 0 aliphatic carbocycles. The zero-order valence-electron chi connectivity index (χ0n) is 75.5. The third-order valence-electron chi connectivity index (χ3n) is 20.1. The quantitative estimate of drug-likeness (QED) is 0.0120. The number of aldehydes is 2. The van der Waals surface area contributed by atoms with Crippen molar-refractivity contribution >= 4 is 60.1 Å². The fourth-order valence-corrected chi connectivity index (χ4v) is 13.9. The van der Waals surface area contributed by atoms with Crippen LogP contribution in [-0.4, -0.2) is 152 Å². The summed E-state index contributed by atoms with van der Waals surface area (Å²) in [5.41, 5.74) is 12.9. The molecule has 10 N–H and O–H groups in total. The second-order valence-corrected chi connectivity index (χ2v) is 29.9. The van der Waals surface area contributed by atoms with Crippen molar-refractivity contribution in [3.05, 3.63) is 229 Å². The molecular formula is C92H110N12Na6O17+6. The average molecular weight is 1790 g/mol. The van der Waals surface area contributed by atoms with Gasteiger partial charge in [0.15, 0.2) is 0 Å². The van der Waals surface area contributed by atoms with E-state index >= 15 is 0 Å². The second-order valence-electron chi connectivity index (χ2n) is 29.9. The first-order valence-electron chi connectivity index (χ1n) is 40.2. The fraction of sp³-hybridized carbons (Fsp3) is 0.348. The number of nitrogens with zero attached hydrogens (tertiary/aromatic N) is 8. The number of carbonyl (C=O) groups is 10. The molecule has 0 saturated heterocycles. The van der Waals surface area contributed by atoms with E-state index in [2.05, 4.69) is 51.9 Å². The van der Waals surface area contributed by atoms with Crippen LogP contribution < -0.4 is 188 Å². The number of hydrogen-bond donors (Lipinski definition) is 4. The molecule has 0 unspecified atom stereocenters. The number of nitrogens with one attached hydrogen (secondary N) is 4. The number of hydrogen-bond acceptors (Lipinski definition) is 20. The van der Waals surface area contributed by atoms with Crippen molar-refractivity contribution < 1.29 is 261 Å². The summed E-state index contributed by atoms with van der Waals surface area (Å²) in [6, 6.07) is 63.5. The molecule has 0 spiro atoms. The van der Waals surface area contributed by atoms with Gasteiger partial charge in [0, 0.05) is 74.8 Å². The SMILES string of the molecule is CCCCC(=O)N(Cc1ccc(-c2ccccc2-c2nn[nH]n2)cc1)[C@H](C(=O)OOC(=O)[C@H](C)C[C@@H](Cc1ccc(-c2ccccc2)cc1)NC(=O)CCC=O)C(C)C.CCCCC(=O)N(Cc1ccc(-c2ccccc2-c2nn[nH]n2)cc1)[C@H](C(=O)OOC(=O)[C@H](C)C[C@@H](Cc1ccc(-c2ccccc2)cc1)NC(=O)CCC=O)C(C)C.O.O.O.[Na+].[Na+].[Na+].[Na+].[Na+].[Na+]. The number of unbranched alkanes of at least 4 members (excludes halogenated alkanes) is 2. The molecule has 640 valence electrons. The normalized spacial score (nSPS) is 11.7. The van der Waals surface area contributed by atoms with E-state index < -0.39 is 59.9 Å². The van der Waals surface area contributed by atoms with Crippen LogP contribution in [0, 0.1) is 23.7 Å². The predicted octanol–water partition coefficient (Wildman–Crippen LogP) is -5.49. The summed E-state index contributed by atoms with van der Waals surface area (Å²) in [7, 11) is 0. The number of carbonyl (C=O) groups excluding carboxylic acids is 10. The zero-order chi connectivity index (χ0) is 84.3. The van der Waals surface area contributed by atoms with Crippen LogP contribution in [-0.2, 0) is 93.4 Å². The van der Waals surface area contributed by atoms with Gasteiger partial charge in [-0.1, -0.05) is 274 Å². The molecule has 29 nitrogen and oxygen atoms in total. The van der Waals surface area contributed by atoms with E-state index in [0.717, 1.165) is 90.7 Å². The van der Waals surface area contributed by atoms with E-state index in [-0.39, 0.29) is 294 Å². The minimum atomic E-state index is -1.05. The van der Waals surface area contributed by atoms with Crippen molar-refractivity contribution in [2.24, 2.45) is 23.7 Å².